The molecule has 0 aliphatic heterocycles. The Morgan fingerprint density at radius 3 is 2.62 bits per heavy atom. The van der Waals surface area contributed by atoms with E-state index in [9.17, 15) is 9.90 Å². The van der Waals surface area contributed by atoms with Crippen molar-refractivity contribution >= 4 is 6.09 Å². The van der Waals surface area contributed by atoms with E-state index < -0.39 is 11.6 Å². The van der Waals surface area contributed by atoms with E-state index in [4.69, 9.17) is 5.11 Å². The maximum atomic E-state index is 11.1. The molecule has 0 heterocycles. The fraction of sp³-hybridized carbons (Fsp3) is 0.682. The molecule has 1 aliphatic rings. The van der Waals surface area contributed by atoms with Crippen molar-refractivity contribution in [3.05, 3.63) is 34.9 Å². The van der Waals surface area contributed by atoms with Crippen molar-refractivity contribution in [3.8, 4) is 0 Å². The highest BCUT2D eigenvalue weighted by molar-refractivity contribution is 5.65. The van der Waals surface area contributed by atoms with Gasteiger partial charge in [0.15, 0.2) is 0 Å². The van der Waals surface area contributed by atoms with E-state index in [1.54, 1.807) is 0 Å². The molecule has 1 aromatic rings. The van der Waals surface area contributed by atoms with Crippen LogP contribution in [0.4, 0.5) is 4.79 Å². The van der Waals surface area contributed by atoms with Gasteiger partial charge in [0.05, 0.1) is 12.1 Å². The molecule has 2 rings (SSSR count). The highest BCUT2D eigenvalue weighted by atomic mass is 16.4. The molecule has 0 saturated carbocycles. The van der Waals surface area contributed by atoms with Crippen LogP contribution in [0.2, 0.25) is 0 Å². The van der Waals surface area contributed by atoms with Gasteiger partial charge < -0.3 is 15.5 Å². The first-order valence-electron chi connectivity index (χ1n) is 10.2. The Labute approximate surface area is 158 Å². The van der Waals surface area contributed by atoms with Crippen LogP contribution in [0, 0.1) is 5.92 Å². The van der Waals surface area contributed by atoms with E-state index in [0.717, 1.165) is 25.7 Å². The molecule has 2 atom stereocenters. The predicted molar refractivity (Wildman–Crippen MR) is 106 cm³/mol. The third-order valence-corrected chi connectivity index (χ3v) is 5.94. The van der Waals surface area contributed by atoms with Crippen LogP contribution in [-0.4, -0.2) is 28.5 Å². The summed E-state index contributed by atoms with van der Waals surface area (Å²) in [6.45, 7) is 3.89. The molecule has 146 valence electrons. The monoisotopic (exact) mass is 361 g/mol. The number of aryl methyl sites for hydroxylation is 2. The Bertz CT molecular complexity index is 587. The lowest BCUT2D eigenvalue weighted by atomic mass is 9.73. The molecule has 0 bridgehead atoms. The molecule has 0 saturated heterocycles. The molecule has 0 unspecified atom stereocenters. The molecule has 1 amide bonds. The van der Waals surface area contributed by atoms with Gasteiger partial charge in [-0.15, -0.1) is 0 Å². The number of benzene rings is 1. The van der Waals surface area contributed by atoms with Crippen molar-refractivity contribution in [2.24, 2.45) is 5.92 Å². The van der Waals surface area contributed by atoms with Crippen molar-refractivity contribution in [1.29, 1.82) is 0 Å². The average molecular weight is 362 g/mol. The van der Waals surface area contributed by atoms with Crippen molar-refractivity contribution in [2.75, 3.05) is 6.61 Å². The van der Waals surface area contributed by atoms with Crippen molar-refractivity contribution in [1.82, 2.24) is 5.32 Å². The fourth-order valence-corrected chi connectivity index (χ4v) is 4.13. The second kappa shape index (κ2) is 9.96. The van der Waals surface area contributed by atoms with Crippen LogP contribution in [0.3, 0.4) is 0 Å². The summed E-state index contributed by atoms with van der Waals surface area (Å²) in [6.07, 6.45) is 10.7. The Balaban J connectivity index is 1.91. The van der Waals surface area contributed by atoms with Gasteiger partial charge in [-0.05, 0) is 61.6 Å². The first-order chi connectivity index (χ1) is 12.5. The average Bonchev–Trinajstić information content (AvgIpc) is 2.63. The number of fused-ring (bicyclic) bond motifs is 1. The summed E-state index contributed by atoms with van der Waals surface area (Å²) in [5, 5.41) is 21.3. The van der Waals surface area contributed by atoms with E-state index in [0.29, 0.717) is 0 Å². The summed E-state index contributed by atoms with van der Waals surface area (Å²) in [7, 11) is 0. The minimum atomic E-state index is -1.07. The topological polar surface area (TPSA) is 69.6 Å². The molecule has 4 heteroatoms. The van der Waals surface area contributed by atoms with E-state index in [1.165, 1.54) is 55.2 Å². The summed E-state index contributed by atoms with van der Waals surface area (Å²) in [4.78, 5) is 11.1. The highest BCUT2D eigenvalue weighted by Crippen LogP contribution is 2.33. The first kappa shape index (κ1) is 20.8. The van der Waals surface area contributed by atoms with Crippen LogP contribution in [-0.2, 0) is 19.3 Å². The van der Waals surface area contributed by atoms with Gasteiger partial charge in [0.25, 0.3) is 0 Å². The number of carbonyl (C=O) groups is 1. The number of amides is 1. The number of rotatable bonds is 10. The van der Waals surface area contributed by atoms with Gasteiger partial charge in [0.1, 0.15) is 0 Å². The van der Waals surface area contributed by atoms with Crippen LogP contribution in [0.25, 0.3) is 0 Å². The lowest BCUT2D eigenvalue weighted by Crippen LogP contribution is -2.55. The normalized spacial score (nSPS) is 18.8. The molecular formula is C22H35NO3. The molecule has 4 nitrogen and oxygen atoms in total. The Kier molecular flexibility index (Phi) is 7.95. The zero-order chi connectivity index (χ0) is 19.0. The zero-order valence-corrected chi connectivity index (χ0v) is 16.4. The summed E-state index contributed by atoms with van der Waals surface area (Å²) in [5.41, 5.74) is 3.35. The van der Waals surface area contributed by atoms with Crippen molar-refractivity contribution < 1.29 is 15.0 Å². The lowest BCUT2D eigenvalue weighted by molar-refractivity contribution is 0.101. The molecule has 26 heavy (non-hydrogen) atoms. The number of aliphatic hydroxyl groups excluding tert-OH is 1. The molecular weight excluding hydrogens is 326 g/mol. The van der Waals surface area contributed by atoms with E-state index in [1.807, 2.05) is 6.92 Å². The standard InChI is InChI=1S/C22H35NO3/c1-3-4-5-6-7-8-9-17-10-11-19-15-20(13-12-18(19)14-17)22(2,16-24)23-21(25)26/h10-11,14,20,23-24H,3-9,12-13,15-16H2,1-2H3,(H,25,26)/t20-,22+/m1/s1. The van der Waals surface area contributed by atoms with Crippen LogP contribution < -0.4 is 5.32 Å². The second-order valence-corrected chi connectivity index (χ2v) is 8.07. The van der Waals surface area contributed by atoms with Crippen molar-refractivity contribution in [2.45, 2.75) is 83.6 Å². The molecule has 0 aromatic heterocycles. The van der Waals surface area contributed by atoms with Gasteiger partial charge in [-0.3, -0.25) is 0 Å². The predicted octanol–water partition coefficient (Wildman–Crippen LogP) is 4.71. The molecule has 1 aromatic carbocycles. The number of hydrogen-bond donors (Lipinski definition) is 3. The SMILES string of the molecule is CCCCCCCCc1ccc2c(c1)CC[C@@H]([C@](C)(CO)NC(=O)O)C2. The quantitative estimate of drug-likeness (QED) is 0.528. The molecule has 1 aliphatic carbocycles. The molecule has 3 N–H and O–H groups in total. The van der Waals surface area contributed by atoms with Gasteiger partial charge in [-0.25, -0.2) is 4.79 Å². The minimum Gasteiger partial charge on any atom is -0.465 e. The number of carboxylic acid groups (broad SMARTS) is 1. The number of unbranched alkanes of at least 4 members (excludes halogenated alkanes) is 5. The molecule has 0 spiro atoms. The number of hydrogen-bond acceptors (Lipinski definition) is 2. The number of nitrogens with one attached hydrogen (secondary N) is 1. The minimum absolute atomic E-state index is 0.125. The van der Waals surface area contributed by atoms with E-state index in [2.05, 4.69) is 30.4 Å². The zero-order valence-electron chi connectivity index (χ0n) is 16.4. The Hall–Kier alpha value is -1.55. The lowest BCUT2D eigenvalue weighted by Gasteiger charge is -2.39. The maximum absolute atomic E-state index is 11.1. The molecule has 0 radical (unpaired) electrons. The van der Waals surface area contributed by atoms with Crippen LogP contribution >= 0.6 is 0 Å². The fourth-order valence-electron chi connectivity index (χ4n) is 4.13. The van der Waals surface area contributed by atoms with Gasteiger partial charge in [-0.1, -0.05) is 57.2 Å². The molecule has 0 fully saturated rings. The first-order valence-corrected chi connectivity index (χ1v) is 10.2. The van der Waals surface area contributed by atoms with Crippen LogP contribution in [0.1, 0.15) is 75.5 Å². The summed E-state index contributed by atoms with van der Waals surface area (Å²) in [5.74, 6) is 0.125. The van der Waals surface area contributed by atoms with Gasteiger partial charge >= 0.3 is 6.09 Å². The van der Waals surface area contributed by atoms with E-state index in [-0.39, 0.29) is 12.5 Å². The second-order valence-electron chi connectivity index (χ2n) is 8.07. The van der Waals surface area contributed by atoms with Crippen LogP contribution in [0.5, 0.6) is 0 Å². The van der Waals surface area contributed by atoms with Crippen molar-refractivity contribution in [3.63, 3.8) is 0 Å². The van der Waals surface area contributed by atoms with E-state index >= 15 is 0 Å². The van der Waals surface area contributed by atoms with Gasteiger partial charge in [0.2, 0.25) is 0 Å². The van der Waals surface area contributed by atoms with Gasteiger partial charge in [-0.2, -0.15) is 0 Å². The third kappa shape index (κ3) is 5.73. The summed E-state index contributed by atoms with van der Waals surface area (Å²) in [6, 6.07) is 6.79. The smallest absolute Gasteiger partial charge is 0.405 e. The summed E-state index contributed by atoms with van der Waals surface area (Å²) >= 11 is 0. The van der Waals surface area contributed by atoms with Crippen LogP contribution in [0.15, 0.2) is 18.2 Å². The largest absolute Gasteiger partial charge is 0.465 e. The summed E-state index contributed by atoms with van der Waals surface area (Å²) < 4.78 is 0. The Morgan fingerprint density at radius 1 is 1.19 bits per heavy atom. The third-order valence-electron chi connectivity index (χ3n) is 5.94. The number of aliphatic hydroxyl groups is 1. The Morgan fingerprint density at radius 2 is 1.92 bits per heavy atom. The van der Waals surface area contributed by atoms with Gasteiger partial charge in [0, 0.05) is 0 Å². The maximum Gasteiger partial charge on any atom is 0.405 e. The highest BCUT2D eigenvalue weighted by Gasteiger charge is 2.37.